The largest absolute Gasteiger partial charge is 0.481 e. The standard InChI is InChI=1S/C11H9BrN2O3/c12-8-3-1-2-7(6-8)11-13-9(14-17-11)4-5-10(15)16/h1-3,6H,4-5H2,(H,15,16). The van der Waals surface area contributed by atoms with E-state index in [4.69, 9.17) is 9.63 Å². The van der Waals surface area contributed by atoms with Gasteiger partial charge in [0.2, 0.25) is 0 Å². The van der Waals surface area contributed by atoms with Crippen LogP contribution in [0.2, 0.25) is 0 Å². The van der Waals surface area contributed by atoms with Crippen molar-refractivity contribution in [3.8, 4) is 11.5 Å². The summed E-state index contributed by atoms with van der Waals surface area (Å²) in [7, 11) is 0. The van der Waals surface area contributed by atoms with Gasteiger partial charge in [-0.2, -0.15) is 4.98 Å². The molecule has 5 nitrogen and oxygen atoms in total. The summed E-state index contributed by atoms with van der Waals surface area (Å²) in [5, 5.41) is 12.3. The van der Waals surface area contributed by atoms with Crippen LogP contribution in [0.1, 0.15) is 12.2 Å². The molecule has 0 saturated carbocycles. The first kappa shape index (κ1) is 11.8. The van der Waals surface area contributed by atoms with Gasteiger partial charge >= 0.3 is 5.97 Å². The highest BCUT2D eigenvalue weighted by atomic mass is 79.9. The maximum absolute atomic E-state index is 10.4. The van der Waals surface area contributed by atoms with E-state index in [9.17, 15) is 4.79 Å². The van der Waals surface area contributed by atoms with Crippen LogP contribution < -0.4 is 0 Å². The lowest BCUT2D eigenvalue weighted by molar-refractivity contribution is -0.137. The minimum Gasteiger partial charge on any atom is -0.481 e. The van der Waals surface area contributed by atoms with Crippen molar-refractivity contribution < 1.29 is 14.4 Å². The van der Waals surface area contributed by atoms with Gasteiger partial charge in [0.1, 0.15) is 0 Å². The number of hydrogen-bond acceptors (Lipinski definition) is 4. The van der Waals surface area contributed by atoms with Crippen LogP contribution in [-0.2, 0) is 11.2 Å². The molecule has 0 saturated heterocycles. The quantitative estimate of drug-likeness (QED) is 0.938. The second-order valence-electron chi connectivity index (χ2n) is 3.42. The lowest BCUT2D eigenvalue weighted by atomic mass is 10.2. The Labute approximate surface area is 106 Å². The van der Waals surface area contributed by atoms with E-state index in [-0.39, 0.29) is 12.8 Å². The number of aromatic nitrogens is 2. The second kappa shape index (κ2) is 5.09. The van der Waals surface area contributed by atoms with Gasteiger partial charge in [0.05, 0.1) is 6.42 Å². The zero-order valence-electron chi connectivity index (χ0n) is 8.76. The van der Waals surface area contributed by atoms with Crippen molar-refractivity contribution >= 4 is 21.9 Å². The Balaban J connectivity index is 2.15. The van der Waals surface area contributed by atoms with E-state index in [0.717, 1.165) is 10.0 Å². The Morgan fingerprint density at radius 2 is 2.29 bits per heavy atom. The molecule has 0 radical (unpaired) electrons. The third kappa shape index (κ3) is 3.13. The topological polar surface area (TPSA) is 76.2 Å². The molecule has 2 aromatic rings. The number of aliphatic carboxylic acids is 1. The Kier molecular flexibility index (Phi) is 3.53. The monoisotopic (exact) mass is 296 g/mol. The van der Waals surface area contributed by atoms with Crippen LogP contribution in [0, 0.1) is 0 Å². The van der Waals surface area contributed by atoms with Crippen molar-refractivity contribution in [1.29, 1.82) is 0 Å². The van der Waals surface area contributed by atoms with Gasteiger partial charge in [0, 0.05) is 16.5 Å². The summed E-state index contributed by atoms with van der Waals surface area (Å²) >= 11 is 3.35. The number of carbonyl (C=O) groups is 1. The maximum atomic E-state index is 10.4. The second-order valence-corrected chi connectivity index (χ2v) is 4.34. The zero-order valence-corrected chi connectivity index (χ0v) is 10.3. The molecule has 0 unspecified atom stereocenters. The molecule has 17 heavy (non-hydrogen) atoms. The van der Waals surface area contributed by atoms with Crippen LogP contribution in [0.3, 0.4) is 0 Å². The molecule has 0 aliphatic rings. The fourth-order valence-electron chi connectivity index (χ4n) is 1.31. The summed E-state index contributed by atoms with van der Waals surface area (Å²) < 4.78 is 5.98. The summed E-state index contributed by atoms with van der Waals surface area (Å²) in [5.74, 6) is -0.0760. The van der Waals surface area contributed by atoms with Crippen molar-refractivity contribution in [2.45, 2.75) is 12.8 Å². The number of halogens is 1. The molecule has 1 aromatic carbocycles. The highest BCUT2D eigenvalue weighted by Crippen LogP contribution is 2.21. The molecular weight excluding hydrogens is 288 g/mol. The molecule has 2 rings (SSSR count). The van der Waals surface area contributed by atoms with Crippen LogP contribution >= 0.6 is 15.9 Å². The van der Waals surface area contributed by atoms with E-state index in [2.05, 4.69) is 26.1 Å². The van der Waals surface area contributed by atoms with Crippen LogP contribution in [0.4, 0.5) is 0 Å². The van der Waals surface area contributed by atoms with E-state index < -0.39 is 5.97 Å². The first-order chi connectivity index (χ1) is 8.15. The van der Waals surface area contributed by atoms with Gasteiger partial charge < -0.3 is 9.63 Å². The molecule has 0 fully saturated rings. The lowest BCUT2D eigenvalue weighted by Crippen LogP contribution is -1.98. The van der Waals surface area contributed by atoms with E-state index in [1.54, 1.807) is 0 Å². The molecule has 0 bridgehead atoms. The van der Waals surface area contributed by atoms with Gasteiger partial charge in [-0.1, -0.05) is 27.2 Å². The van der Waals surface area contributed by atoms with Crippen LogP contribution in [0.15, 0.2) is 33.3 Å². The first-order valence-corrected chi connectivity index (χ1v) is 5.75. The minimum absolute atomic E-state index is 0.00252. The number of aryl methyl sites for hydroxylation is 1. The predicted octanol–water partition coefficient (Wildman–Crippen LogP) is 2.52. The van der Waals surface area contributed by atoms with E-state index in [1.807, 2.05) is 24.3 Å². The normalized spacial score (nSPS) is 10.4. The molecule has 0 aliphatic heterocycles. The summed E-state index contributed by atoms with van der Waals surface area (Å²) in [5.41, 5.74) is 0.799. The predicted molar refractivity (Wildman–Crippen MR) is 63.4 cm³/mol. The Bertz CT molecular complexity index is 539. The zero-order chi connectivity index (χ0) is 12.3. The Morgan fingerprint density at radius 1 is 1.47 bits per heavy atom. The highest BCUT2D eigenvalue weighted by Gasteiger charge is 2.10. The first-order valence-electron chi connectivity index (χ1n) is 4.95. The third-order valence-electron chi connectivity index (χ3n) is 2.10. The average Bonchev–Trinajstić information content (AvgIpc) is 2.75. The van der Waals surface area contributed by atoms with Crippen LogP contribution in [-0.4, -0.2) is 21.2 Å². The fourth-order valence-corrected chi connectivity index (χ4v) is 1.71. The summed E-state index contributed by atoms with van der Waals surface area (Å²) in [6.45, 7) is 0. The van der Waals surface area contributed by atoms with Gasteiger partial charge in [-0.3, -0.25) is 4.79 Å². The molecule has 0 spiro atoms. The molecule has 88 valence electrons. The Hall–Kier alpha value is -1.69. The maximum Gasteiger partial charge on any atom is 0.303 e. The van der Waals surface area contributed by atoms with Gasteiger partial charge in [-0.05, 0) is 18.2 Å². The molecule has 6 heteroatoms. The van der Waals surface area contributed by atoms with Crippen molar-refractivity contribution in [3.05, 3.63) is 34.6 Å². The van der Waals surface area contributed by atoms with Crippen molar-refractivity contribution in [2.75, 3.05) is 0 Å². The van der Waals surface area contributed by atoms with E-state index >= 15 is 0 Å². The number of carboxylic acid groups (broad SMARTS) is 1. The van der Waals surface area contributed by atoms with Gasteiger partial charge in [0.25, 0.3) is 5.89 Å². The van der Waals surface area contributed by atoms with Gasteiger partial charge in [-0.15, -0.1) is 0 Å². The van der Waals surface area contributed by atoms with Crippen LogP contribution in [0.25, 0.3) is 11.5 Å². The van der Waals surface area contributed by atoms with E-state index in [1.165, 1.54) is 0 Å². The number of carboxylic acids is 1. The minimum atomic E-state index is -0.876. The number of nitrogens with zero attached hydrogens (tertiary/aromatic N) is 2. The molecule has 0 atom stereocenters. The highest BCUT2D eigenvalue weighted by molar-refractivity contribution is 9.10. The molecule has 1 N–H and O–H groups in total. The Morgan fingerprint density at radius 3 is 3.00 bits per heavy atom. The average molecular weight is 297 g/mol. The van der Waals surface area contributed by atoms with Crippen molar-refractivity contribution in [1.82, 2.24) is 10.1 Å². The molecular formula is C11H9BrN2O3. The summed E-state index contributed by atoms with van der Waals surface area (Å²) in [6.07, 6.45) is 0.268. The molecule has 0 aliphatic carbocycles. The number of rotatable bonds is 4. The summed E-state index contributed by atoms with van der Waals surface area (Å²) in [4.78, 5) is 14.5. The SMILES string of the molecule is O=C(O)CCc1noc(-c2cccc(Br)c2)n1. The third-order valence-corrected chi connectivity index (χ3v) is 2.60. The van der Waals surface area contributed by atoms with Crippen LogP contribution in [0.5, 0.6) is 0 Å². The van der Waals surface area contributed by atoms with Gasteiger partial charge in [-0.25, -0.2) is 0 Å². The van der Waals surface area contributed by atoms with Crippen molar-refractivity contribution in [3.63, 3.8) is 0 Å². The number of hydrogen-bond donors (Lipinski definition) is 1. The molecule has 1 aromatic heterocycles. The van der Waals surface area contributed by atoms with E-state index in [0.29, 0.717) is 11.7 Å². The van der Waals surface area contributed by atoms with Gasteiger partial charge in [0.15, 0.2) is 5.82 Å². The molecule has 0 amide bonds. The van der Waals surface area contributed by atoms with Crippen molar-refractivity contribution in [2.24, 2.45) is 0 Å². The summed E-state index contributed by atoms with van der Waals surface area (Å²) in [6, 6.07) is 7.46. The fraction of sp³-hybridized carbons (Fsp3) is 0.182. The lowest BCUT2D eigenvalue weighted by Gasteiger charge is -1.93. The molecule has 1 heterocycles. The smallest absolute Gasteiger partial charge is 0.303 e. The number of benzene rings is 1.